The van der Waals surface area contributed by atoms with Crippen molar-refractivity contribution in [2.24, 2.45) is 4.99 Å². The van der Waals surface area contributed by atoms with Gasteiger partial charge < -0.3 is 20.3 Å². The first-order valence-corrected chi connectivity index (χ1v) is 10.6. The van der Waals surface area contributed by atoms with E-state index >= 15 is 0 Å². The lowest BCUT2D eigenvalue weighted by Crippen LogP contribution is -2.40. The van der Waals surface area contributed by atoms with E-state index in [2.05, 4.69) is 39.9 Å². The number of ether oxygens (including phenoxy) is 1. The Bertz CT molecular complexity index is 764. The molecular formula is C22H30N4O2S. The van der Waals surface area contributed by atoms with E-state index in [1.165, 1.54) is 10.5 Å². The number of methoxy groups -OCH3 is 1. The van der Waals surface area contributed by atoms with Gasteiger partial charge in [-0.25, -0.2) is 4.99 Å². The van der Waals surface area contributed by atoms with Crippen molar-refractivity contribution in [3.05, 3.63) is 60.2 Å². The predicted octanol–water partition coefficient (Wildman–Crippen LogP) is 2.65. The molecule has 0 unspecified atom stereocenters. The molecule has 6 nitrogen and oxygen atoms in total. The van der Waals surface area contributed by atoms with Gasteiger partial charge in [-0.2, -0.15) is 0 Å². The largest absolute Gasteiger partial charge is 0.497 e. The Kier molecular flexibility index (Phi) is 9.92. The van der Waals surface area contributed by atoms with Crippen molar-refractivity contribution in [1.29, 1.82) is 0 Å². The molecule has 2 aromatic carbocycles. The number of likely N-dealkylation sites (N-methyl/N-ethyl adjacent to an activating group) is 1. The Labute approximate surface area is 177 Å². The lowest BCUT2D eigenvalue weighted by molar-refractivity contribution is -0.127. The number of nitrogens with one attached hydrogen (secondary N) is 2. The topological polar surface area (TPSA) is 66.0 Å². The normalized spacial score (nSPS) is 11.1. The minimum Gasteiger partial charge on any atom is -0.497 e. The second-order valence-corrected chi connectivity index (χ2v) is 7.73. The Balaban J connectivity index is 1.82. The van der Waals surface area contributed by atoms with Crippen LogP contribution in [0.25, 0.3) is 0 Å². The highest BCUT2D eigenvalue weighted by Crippen LogP contribution is 2.15. The molecule has 0 radical (unpaired) electrons. The van der Waals surface area contributed by atoms with Gasteiger partial charge in [0.25, 0.3) is 0 Å². The van der Waals surface area contributed by atoms with Gasteiger partial charge in [0.2, 0.25) is 5.91 Å². The highest BCUT2D eigenvalue weighted by molar-refractivity contribution is 7.99. The van der Waals surface area contributed by atoms with Gasteiger partial charge in [-0.3, -0.25) is 4.79 Å². The van der Waals surface area contributed by atoms with Crippen LogP contribution in [0.3, 0.4) is 0 Å². The molecule has 0 aliphatic heterocycles. The minimum atomic E-state index is -0.0279. The van der Waals surface area contributed by atoms with Gasteiger partial charge in [-0.05, 0) is 36.2 Å². The van der Waals surface area contributed by atoms with Crippen LogP contribution in [0.4, 0.5) is 0 Å². The third kappa shape index (κ3) is 8.91. The van der Waals surface area contributed by atoms with Crippen molar-refractivity contribution in [2.45, 2.75) is 11.3 Å². The zero-order valence-corrected chi connectivity index (χ0v) is 18.2. The van der Waals surface area contributed by atoms with Crippen LogP contribution < -0.4 is 15.4 Å². The van der Waals surface area contributed by atoms with E-state index in [4.69, 9.17) is 4.74 Å². The second-order valence-electron chi connectivity index (χ2n) is 6.57. The fourth-order valence-electron chi connectivity index (χ4n) is 2.43. The van der Waals surface area contributed by atoms with Crippen LogP contribution in [-0.4, -0.2) is 63.4 Å². The quantitative estimate of drug-likeness (QED) is 0.271. The maximum absolute atomic E-state index is 11.9. The molecule has 7 heteroatoms. The SMILES string of the molecule is COc1ccc(CCNC(=NCC(=O)N(C)C)NCCSc2ccccc2)cc1. The fraction of sp³-hybridized carbons (Fsp3) is 0.364. The molecule has 2 rings (SSSR count). The highest BCUT2D eigenvalue weighted by Gasteiger charge is 2.05. The molecule has 2 N–H and O–H groups in total. The van der Waals surface area contributed by atoms with Gasteiger partial charge in [-0.15, -0.1) is 11.8 Å². The molecule has 0 heterocycles. The zero-order valence-electron chi connectivity index (χ0n) is 17.4. The molecule has 0 bridgehead atoms. The molecule has 1 amide bonds. The summed E-state index contributed by atoms with van der Waals surface area (Å²) in [6, 6.07) is 18.3. The van der Waals surface area contributed by atoms with Crippen LogP contribution in [0.15, 0.2) is 64.5 Å². The first-order chi connectivity index (χ1) is 14.1. The number of rotatable bonds is 10. The Morgan fingerprint density at radius 2 is 1.72 bits per heavy atom. The molecule has 29 heavy (non-hydrogen) atoms. The van der Waals surface area contributed by atoms with Gasteiger partial charge in [0.15, 0.2) is 5.96 Å². The Hall–Kier alpha value is -2.67. The highest BCUT2D eigenvalue weighted by atomic mass is 32.2. The Morgan fingerprint density at radius 3 is 2.38 bits per heavy atom. The summed E-state index contributed by atoms with van der Waals surface area (Å²) >= 11 is 1.78. The summed E-state index contributed by atoms with van der Waals surface area (Å²) in [7, 11) is 5.13. The average molecular weight is 415 g/mol. The van der Waals surface area contributed by atoms with Crippen LogP contribution in [0.1, 0.15) is 5.56 Å². The van der Waals surface area contributed by atoms with Gasteiger partial charge in [0, 0.05) is 37.8 Å². The molecule has 0 fully saturated rings. The van der Waals surface area contributed by atoms with Crippen molar-refractivity contribution < 1.29 is 9.53 Å². The van der Waals surface area contributed by atoms with Crippen molar-refractivity contribution >= 4 is 23.6 Å². The van der Waals surface area contributed by atoms with E-state index in [0.29, 0.717) is 5.96 Å². The Morgan fingerprint density at radius 1 is 1.03 bits per heavy atom. The van der Waals surface area contributed by atoms with E-state index in [9.17, 15) is 4.79 Å². The van der Waals surface area contributed by atoms with Crippen LogP contribution in [0, 0.1) is 0 Å². The monoisotopic (exact) mass is 414 g/mol. The molecule has 0 spiro atoms. The second kappa shape index (κ2) is 12.7. The number of amides is 1. The summed E-state index contributed by atoms with van der Waals surface area (Å²) in [6.07, 6.45) is 0.852. The summed E-state index contributed by atoms with van der Waals surface area (Å²) in [5.74, 6) is 2.39. The fourth-order valence-corrected chi connectivity index (χ4v) is 3.22. The number of nitrogens with zero attached hydrogens (tertiary/aromatic N) is 2. The number of carbonyl (C=O) groups excluding carboxylic acids is 1. The van der Waals surface area contributed by atoms with E-state index in [1.54, 1.807) is 37.9 Å². The van der Waals surface area contributed by atoms with Crippen molar-refractivity contribution in [1.82, 2.24) is 15.5 Å². The van der Waals surface area contributed by atoms with Crippen LogP contribution in [0.2, 0.25) is 0 Å². The van der Waals surface area contributed by atoms with Crippen molar-refractivity contribution in [3.63, 3.8) is 0 Å². The summed E-state index contributed by atoms with van der Waals surface area (Å²) in [6.45, 7) is 1.60. The predicted molar refractivity (Wildman–Crippen MR) is 121 cm³/mol. The number of hydrogen-bond acceptors (Lipinski definition) is 4. The number of thioether (sulfide) groups is 1. The summed E-state index contributed by atoms with van der Waals surface area (Å²) < 4.78 is 5.19. The molecule has 156 valence electrons. The smallest absolute Gasteiger partial charge is 0.243 e. The van der Waals surface area contributed by atoms with Crippen LogP contribution >= 0.6 is 11.8 Å². The van der Waals surface area contributed by atoms with Crippen LogP contribution in [-0.2, 0) is 11.2 Å². The molecular weight excluding hydrogens is 384 g/mol. The first-order valence-electron chi connectivity index (χ1n) is 9.61. The van der Waals surface area contributed by atoms with Gasteiger partial charge in [0.05, 0.1) is 7.11 Å². The van der Waals surface area contributed by atoms with Crippen molar-refractivity contribution in [2.75, 3.05) is 46.6 Å². The average Bonchev–Trinajstić information content (AvgIpc) is 2.75. The number of benzene rings is 2. The molecule has 0 saturated heterocycles. The third-order valence-corrected chi connectivity index (χ3v) is 5.16. The van der Waals surface area contributed by atoms with E-state index < -0.39 is 0 Å². The lowest BCUT2D eigenvalue weighted by atomic mass is 10.1. The first kappa shape index (κ1) is 22.6. The minimum absolute atomic E-state index is 0.0279. The van der Waals surface area contributed by atoms with Gasteiger partial charge >= 0.3 is 0 Å². The summed E-state index contributed by atoms with van der Waals surface area (Å²) in [4.78, 5) is 19.1. The van der Waals surface area contributed by atoms with Gasteiger partial charge in [-0.1, -0.05) is 30.3 Å². The maximum atomic E-state index is 11.9. The summed E-state index contributed by atoms with van der Waals surface area (Å²) in [5.41, 5.74) is 1.21. The number of aliphatic imine (C=N–C) groups is 1. The number of guanidine groups is 1. The number of hydrogen-bond donors (Lipinski definition) is 2. The van der Waals surface area contributed by atoms with E-state index in [-0.39, 0.29) is 12.5 Å². The molecule has 0 aliphatic rings. The molecule has 0 aromatic heterocycles. The third-order valence-electron chi connectivity index (χ3n) is 4.14. The number of carbonyl (C=O) groups is 1. The molecule has 0 aliphatic carbocycles. The van der Waals surface area contributed by atoms with Crippen LogP contribution in [0.5, 0.6) is 5.75 Å². The van der Waals surface area contributed by atoms with E-state index in [0.717, 1.165) is 31.0 Å². The molecule has 2 aromatic rings. The summed E-state index contributed by atoms with van der Waals surface area (Å²) in [5, 5.41) is 6.63. The maximum Gasteiger partial charge on any atom is 0.243 e. The van der Waals surface area contributed by atoms with Crippen molar-refractivity contribution in [3.8, 4) is 5.75 Å². The zero-order chi connectivity index (χ0) is 20.9. The lowest BCUT2D eigenvalue weighted by Gasteiger charge is -2.14. The van der Waals surface area contributed by atoms with Gasteiger partial charge in [0.1, 0.15) is 12.3 Å². The molecule has 0 atom stereocenters. The van der Waals surface area contributed by atoms with E-state index in [1.807, 2.05) is 30.3 Å². The standard InChI is InChI=1S/C22H30N4O2S/c1-26(2)21(27)17-25-22(24-15-16-29-20-7-5-4-6-8-20)23-14-13-18-9-11-19(28-3)12-10-18/h4-12H,13-17H2,1-3H3,(H2,23,24,25). The molecule has 0 saturated carbocycles.